The third-order valence-corrected chi connectivity index (χ3v) is 7.55. The number of imidazole rings is 1. The molecule has 3 aliphatic heterocycles. The first-order valence-corrected chi connectivity index (χ1v) is 12.2. The summed E-state index contributed by atoms with van der Waals surface area (Å²) in [6.07, 6.45) is 6.00. The number of pyridine rings is 1. The first-order valence-electron chi connectivity index (χ1n) is 12.2. The van der Waals surface area contributed by atoms with Crippen molar-refractivity contribution in [1.29, 1.82) is 0 Å². The third-order valence-electron chi connectivity index (χ3n) is 7.55. The molecule has 0 spiro atoms. The first-order chi connectivity index (χ1) is 17.0. The van der Waals surface area contributed by atoms with Gasteiger partial charge in [-0.3, -0.25) is 4.98 Å². The average molecular weight is 473 g/mol. The average Bonchev–Trinajstić information content (AvgIpc) is 3.24. The van der Waals surface area contributed by atoms with Crippen LogP contribution in [0.5, 0.6) is 6.01 Å². The van der Waals surface area contributed by atoms with E-state index in [1.165, 1.54) is 25.9 Å². The van der Waals surface area contributed by atoms with Crippen LogP contribution in [0, 0.1) is 25.6 Å². The lowest BCUT2D eigenvalue weighted by atomic mass is 9.75. The van der Waals surface area contributed by atoms with Crippen molar-refractivity contribution in [3.05, 3.63) is 64.9 Å². The van der Waals surface area contributed by atoms with E-state index >= 15 is 4.39 Å². The molecular weight excluding hydrogens is 443 g/mol. The van der Waals surface area contributed by atoms with E-state index in [9.17, 15) is 0 Å². The Bertz CT molecular complexity index is 1410. The van der Waals surface area contributed by atoms with Gasteiger partial charge >= 0.3 is 6.01 Å². The van der Waals surface area contributed by atoms with Gasteiger partial charge in [0, 0.05) is 30.1 Å². The van der Waals surface area contributed by atoms with Gasteiger partial charge in [-0.05, 0) is 74.9 Å². The standard InChI is InChI=1S/C27H29FN6O/c1-16-10-21(13-29-12-16)25-31-24-17(2)30-27(35-3)32-26(24)34(25)14-20-5-4-19(11-23(20)28)22-15-33-8-6-18(22)7-9-33/h4-5,10-13,18,22H,6-9,14-15H2,1-3H3. The van der Waals surface area contributed by atoms with Crippen LogP contribution in [-0.4, -0.2) is 56.1 Å². The summed E-state index contributed by atoms with van der Waals surface area (Å²) in [5.74, 6) is 1.58. The number of nitrogens with zero attached hydrogens (tertiary/aromatic N) is 6. The molecule has 8 heteroatoms. The summed E-state index contributed by atoms with van der Waals surface area (Å²) >= 11 is 0. The smallest absolute Gasteiger partial charge is 0.318 e. The molecule has 3 aromatic heterocycles. The number of benzene rings is 1. The summed E-state index contributed by atoms with van der Waals surface area (Å²) in [5.41, 5.74) is 5.59. The van der Waals surface area contributed by atoms with Crippen LogP contribution in [0.4, 0.5) is 4.39 Å². The fraction of sp³-hybridized carbons (Fsp3) is 0.407. The molecule has 0 amide bonds. The van der Waals surface area contributed by atoms with Crippen molar-refractivity contribution in [2.45, 2.75) is 39.2 Å². The molecule has 7 rings (SSSR count). The fourth-order valence-corrected chi connectivity index (χ4v) is 5.69. The van der Waals surface area contributed by atoms with Gasteiger partial charge in [-0.15, -0.1) is 0 Å². The quantitative estimate of drug-likeness (QED) is 0.426. The largest absolute Gasteiger partial charge is 0.467 e. The number of methoxy groups -OCH3 is 1. The molecule has 3 aliphatic rings. The molecule has 0 N–H and O–H groups in total. The molecule has 0 saturated carbocycles. The van der Waals surface area contributed by atoms with E-state index in [1.54, 1.807) is 25.6 Å². The first kappa shape index (κ1) is 22.1. The Morgan fingerprint density at radius 1 is 1.06 bits per heavy atom. The lowest BCUT2D eigenvalue weighted by Gasteiger charge is -2.45. The maximum Gasteiger partial charge on any atom is 0.318 e. The van der Waals surface area contributed by atoms with Crippen LogP contribution in [0.2, 0.25) is 0 Å². The minimum absolute atomic E-state index is 0.188. The maximum atomic E-state index is 15.5. The Balaban J connectivity index is 1.42. The van der Waals surface area contributed by atoms with Gasteiger partial charge in [0.25, 0.3) is 0 Å². The summed E-state index contributed by atoms with van der Waals surface area (Å²) in [6.45, 7) is 7.56. The molecule has 6 heterocycles. The predicted molar refractivity (Wildman–Crippen MR) is 132 cm³/mol. The molecule has 0 radical (unpaired) electrons. The molecule has 35 heavy (non-hydrogen) atoms. The topological polar surface area (TPSA) is 69.0 Å². The minimum Gasteiger partial charge on any atom is -0.467 e. The Morgan fingerprint density at radius 3 is 2.57 bits per heavy atom. The van der Waals surface area contributed by atoms with Crippen LogP contribution in [-0.2, 0) is 6.54 Å². The normalized spacial score (nSPS) is 21.5. The number of hydrogen-bond acceptors (Lipinski definition) is 6. The molecule has 3 fully saturated rings. The van der Waals surface area contributed by atoms with Gasteiger partial charge in [-0.25, -0.2) is 9.37 Å². The van der Waals surface area contributed by atoms with E-state index in [0.717, 1.165) is 23.2 Å². The van der Waals surface area contributed by atoms with E-state index in [-0.39, 0.29) is 11.8 Å². The third kappa shape index (κ3) is 3.95. The Labute approximate surface area is 204 Å². The van der Waals surface area contributed by atoms with E-state index in [0.29, 0.717) is 46.6 Å². The molecule has 2 bridgehead atoms. The molecule has 1 atom stereocenters. The highest BCUT2D eigenvalue weighted by Crippen LogP contribution is 2.39. The summed E-state index contributed by atoms with van der Waals surface area (Å²) in [5, 5.41) is 0. The zero-order valence-corrected chi connectivity index (χ0v) is 20.3. The van der Waals surface area contributed by atoms with Gasteiger partial charge in [0.15, 0.2) is 5.65 Å². The van der Waals surface area contributed by atoms with Crippen molar-refractivity contribution in [2.75, 3.05) is 26.7 Å². The summed E-state index contributed by atoms with van der Waals surface area (Å²) in [7, 11) is 1.54. The van der Waals surface area contributed by atoms with Gasteiger partial charge in [0.1, 0.15) is 17.2 Å². The maximum absolute atomic E-state index is 15.5. The SMILES string of the molecule is COc1nc(C)c2nc(-c3cncc(C)c3)n(Cc3ccc(C4CN5CCC4CC5)cc3F)c2n1. The van der Waals surface area contributed by atoms with Crippen LogP contribution in [0.1, 0.15) is 41.1 Å². The number of halogens is 1. The van der Waals surface area contributed by atoms with E-state index in [4.69, 9.17) is 9.72 Å². The molecule has 4 aromatic rings. The van der Waals surface area contributed by atoms with Crippen LogP contribution in [0.15, 0.2) is 36.7 Å². The molecule has 3 saturated heterocycles. The van der Waals surface area contributed by atoms with Crippen molar-refractivity contribution in [1.82, 2.24) is 29.4 Å². The highest BCUT2D eigenvalue weighted by molar-refractivity contribution is 5.79. The fourth-order valence-electron chi connectivity index (χ4n) is 5.69. The van der Waals surface area contributed by atoms with Crippen molar-refractivity contribution >= 4 is 11.2 Å². The second-order valence-electron chi connectivity index (χ2n) is 9.84. The number of aromatic nitrogens is 5. The van der Waals surface area contributed by atoms with Crippen molar-refractivity contribution in [3.63, 3.8) is 0 Å². The van der Waals surface area contributed by atoms with Crippen LogP contribution in [0.25, 0.3) is 22.6 Å². The number of rotatable bonds is 5. The molecule has 7 nitrogen and oxygen atoms in total. The lowest BCUT2D eigenvalue weighted by molar-refractivity contribution is 0.0870. The van der Waals surface area contributed by atoms with Crippen LogP contribution in [0.3, 0.4) is 0 Å². The predicted octanol–water partition coefficient (Wildman–Crippen LogP) is 4.51. The number of aryl methyl sites for hydroxylation is 2. The highest BCUT2D eigenvalue weighted by atomic mass is 19.1. The van der Waals surface area contributed by atoms with Crippen molar-refractivity contribution < 1.29 is 9.13 Å². The summed E-state index contributed by atoms with van der Waals surface area (Å²) < 4.78 is 22.8. The number of hydrogen-bond donors (Lipinski definition) is 0. The Morgan fingerprint density at radius 2 is 1.89 bits per heavy atom. The van der Waals surface area contributed by atoms with Crippen molar-refractivity contribution in [3.8, 4) is 17.4 Å². The number of fused-ring (bicyclic) bond motifs is 4. The van der Waals surface area contributed by atoms with Gasteiger partial charge < -0.3 is 14.2 Å². The molecular formula is C27H29FN6O. The van der Waals surface area contributed by atoms with Gasteiger partial charge in [-0.1, -0.05) is 12.1 Å². The second-order valence-corrected chi connectivity index (χ2v) is 9.84. The van der Waals surface area contributed by atoms with Gasteiger partial charge in [0.2, 0.25) is 0 Å². The van der Waals surface area contributed by atoms with E-state index in [2.05, 4.69) is 25.9 Å². The van der Waals surface area contributed by atoms with Gasteiger partial charge in [-0.2, -0.15) is 9.97 Å². The van der Waals surface area contributed by atoms with Crippen LogP contribution < -0.4 is 4.74 Å². The van der Waals surface area contributed by atoms with Crippen LogP contribution >= 0.6 is 0 Å². The number of piperidine rings is 3. The monoisotopic (exact) mass is 472 g/mol. The zero-order chi connectivity index (χ0) is 24.1. The minimum atomic E-state index is -0.188. The number of ether oxygens (including phenoxy) is 1. The van der Waals surface area contributed by atoms with E-state index < -0.39 is 0 Å². The second kappa shape index (κ2) is 8.68. The summed E-state index contributed by atoms with van der Waals surface area (Å²) in [4.78, 5) is 20.7. The lowest BCUT2D eigenvalue weighted by Crippen LogP contribution is -2.46. The highest BCUT2D eigenvalue weighted by Gasteiger charge is 2.35. The van der Waals surface area contributed by atoms with Gasteiger partial charge in [0.05, 0.1) is 19.3 Å². The van der Waals surface area contributed by atoms with Crippen molar-refractivity contribution in [2.24, 2.45) is 5.92 Å². The molecule has 0 aliphatic carbocycles. The zero-order valence-electron chi connectivity index (χ0n) is 20.3. The van der Waals surface area contributed by atoms with E-state index in [1.807, 2.05) is 30.5 Å². The Kier molecular flexibility index (Phi) is 5.48. The molecule has 1 aromatic carbocycles. The summed E-state index contributed by atoms with van der Waals surface area (Å²) in [6, 6.07) is 8.08. The molecule has 1 unspecified atom stereocenters. The molecule has 180 valence electrons. The Hall–Kier alpha value is -3.39.